The van der Waals surface area contributed by atoms with E-state index in [1.165, 1.54) is 9.75 Å². The molecule has 2 atom stereocenters. The smallest absolute Gasteiger partial charge is 0.307 e. The van der Waals surface area contributed by atoms with E-state index in [1.807, 2.05) is 29.5 Å². The standard InChI is InChI=1S/C20H25NO3S/c1-3-15-10-11-18(25-15)19(16-8-4-5-9-17(16)24-2)21-12-6-7-14(13-21)20(22)23/h4-5,8-11,14,19H,3,6-7,12-13H2,1-2H3,(H,22,23). The van der Waals surface area contributed by atoms with Gasteiger partial charge < -0.3 is 9.84 Å². The van der Waals surface area contributed by atoms with Gasteiger partial charge in [-0.1, -0.05) is 25.1 Å². The molecule has 25 heavy (non-hydrogen) atoms. The number of carboxylic acids is 1. The zero-order valence-electron chi connectivity index (χ0n) is 14.8. The van der Waals surface area contributed by atoms with E-state index in [4.69, 9.17) is 4.74 Å². The van der Waals surface area contributed by atoms with E-state index in [9.17, 15) is 9.90 Å². The lowest BCUT2D eigenvalue weighted by atomic mass is 9.94. The summed E-state index contributed by atoms with van der Waals surface area (Å²) in [7, 11) is 1.69. The quantitative estimate of drug-likeness (QED) is 0.839. The monoisotopic (exact) mass is 359 g/mol. The predicted molar refractivity (Wildman–Crippen MR) is 100 cm³/mol. The van der Waals surface area contributed by atoms with Crippen LogP contribution in [0.5, 0.6) is 5.75 Å². The van der Waals surface area contributed by atoms with Gasteiger partial charge in [0.1, 0.15) is 5.75 Å². The highest BCUT2D eigenvalue weighted by atomic mass is 32.1. The third-order valence-corrected chi connectivity index (χ3v) is 6.18. The molecular weight excluding hydrogens is 334 g/mol. The van der Waals surface area contributed by atoms with E-state index >= 15 is 0 Å². The van der Waals surface area contributed by atoms with Gasteiger partial charge in [-0.3, -0.25) is 9.69 Å². The lowest BCUT2D eigenvalue weighted by molar-refractivity contribution is -0.143. The number of para-hydroxylation sites is 1. The Balaban J connectivity index is 2.01. The predicted octanol–water partition coefficient (Wildman–Crippen LogP) is 4.21. The number of benzene rings is 1. The molecule has 0 radical (unpaired) electrons. The highest BCUT2D eigenvalue weighted by Gasteiger charge is 2.33. The normalized spacial score (nSPS) is 19.5. The average Bonchev–Trinajstić information content (AvgIpc) is 3.11. The summed E-state index contributed by atoms with van der Waals surface area (Å²) in [6.45, 7) is 3.65. The summed E-state index contributed by atoms with van der Waals surface area (Å²) in [4.78, 5) is 16.4. The second-order valence-corrected chi connectivity index (χ2v) is 7.67. The maximum absolute atomic E-state index is 11.5. The van der Waals surface area contributed by atoms with Crippen LogP contribution in [0.4, 0.5) is 0 Å². The molecule has 0 amide bonds. The van der Waals surface area contributed by atoms with E-state index in [1.54, 1.807) is 7.11 Å². The van der Waals surface area contributed by atoms with Crippen molar-refractivity contribution in [2.75, 3.05) is 20.2 Å². The number of carbonyl (C=O) groups is 1. The van der Waals surface area contributed by atoms with Crippen molar-refractivity contribution in [3.63, 3.8) is 0 Å². The van der Waals surface area contributed by atoms with Gasteiger partial charge in [0, 0.05) is 21.9 Å². The van der Waals surface area contributed by atoms with Crippen molar-refractivity contribution in [1.82, 2.24) is 4.90 Å². The zero-order chi connectivity index (χ0) is 17.8. The average molecular weight is 359 g/mol. The Bertz CT molecular complexity index is 727. The van der Waals surface area contributed by atoms with Crippen LogP contribution in [0.1, 0.15) is 41.1 Å². The molecule has 134 valence electrons. The number of piperidine rings is 1. The number of methoxy groups -OCH3 is 1. The summed E-state index contributed by atoms with van der Waals surface area (Å²) in [5, 5.41) is 9.47. The molecule has 1 aliphatic rings. The lowest BCUT2D eigenvalue weighted by Crippen LogP contribution is -2.41. The van der Waals surface area contributed by atoms with Gasteiger partial charge in [-0.25, -0.2) is 0 Å². The largest absolute Gasteiger partial charge is 0.496 e. The maximum Gasteiger partial charge on any atom is 0.307 e. The molecule has 2 aromatic rings. The van der Waals surface area contributed by atoms with Crippen LogP contribution in [0, 0.1) is 5.92 Å². The Labute approximate surface area is 153 Å². The first-order chi connectivity index (χ1) is 12.1. The second-order valence-electron chi connectivity index (χ2n) is 6.47. The van der Waals surface area contributed by atoms with Crippen LogP contribution < -0.4 is 4.74 Å². The number of thiophene rings is 1. The van der Waals surface area contributed by atoms with Gasteiger partial charge >= 0.3 is 5.97 Å². The second kappa shape index (κ2) is 8.02. The first kappa shape index (κ1) is 18.0. The van der Waals surface area contributed by atoms with Crippen molar-refractivity contribution >= 4 is 17.3 Å². The molecule has 1 aromatic carbocycles. The molecule has 5 heteroatoms. The number of hydrogen-bond acceptors (Lipinski definition) is 4. The first-order valence-electron chi connectivity index (χ1n) is 8.82. The molecular formula is C20H25NO3S. The summed E-state index contributed by atoms with van der Waals surface area (Å²) in [6, 6.07) is 12.5. The topological polar surface area (TPSA) is 49.8 Å². The Morgan fingerprint density at radius 3 is 2.84 bits per heavy atom. The number of carboxylic acid groups (broad SMARTS) is 1. The summed E-state index contributed by atoms with van der Waals surface area (Å²) in [6.07, 6.45) is 2.69. The number of aliphatic carboxylic acids is 1. The van der Waals surface area contributed by atoms with Gasteiger partial charge in [0.25, 0.3) is 0 Å². The lowest BCUT2D eigenvalue weighted by Gasteiger charge is -2.37. The minimum absolute atomic E-state index is 0.0450. The highest BCUT2D eigenvalue weighted by molar-refractivity contribution is 7.12. The minimum atomic E-state index is -0.691. The summed E-state index contributed by atoms with van der Waals surface area (Å²) in [5.74, 6) is -0.128. The van der Waals surface area contributed by atoms with Crippen molar-refractivity contribution in [2.24, 2.45) is 5.92 Å². The molecule has 0 aliphatic carbocycles. The van der Waals surface area contributed by atoms with Crippen LogP contribution >= 0.6 is 11.3 Å². The fourth-order valence-electron chi connectivity index (χ4n) is 3.60. The molecule has 2 unspecified atom stereocenters. The van der Waals surface area contributed by atoms with E-state index < -0.39 is 5.97 Å². The van der Waals surface area contributed by atoms with Gasteiger partial charge in [-0.15, -0.1) is 11.3 Å². The molecule has 4 nitrogen and oxygen atoms in total. The van der Waals surface area contributed by atoms with Gasteiger partial charge in [-0.05, 0) is 44.0 Å². The van der Waals surface area contributed by atoms with E-state index in [-0.39, 0.29) is 12.0 Å². The Hall–Kier alpha value is -1.85. The number of likely N-dealkylation sites (tertiary alicyclic amines) is 1. The van der Waals surface area contributed by atoms with Gasteiger partial charge in [0.15, 0.2) is 0 Å². The first-order valence-corrected chi connectivity index (χ1v) is 9.64. The van der Waals surface area contributed by atoms with Crippen molar-refractivity contribution in [1.29, 1.82) is 0 Å². The maximum atomic E-state index is 11.5. The summed E-state index contributed by atoms with van der Waals surface area (Å²) in [5.41, 5.74) is 1.11. The number of rotatable bonds is 6. The van der Waals surface area contributed by atoms with Crippen molar-refractivity contribution < 1.29 is 14.6 Å². The molecule has 1 fully saturated rings. The third kappa shape index (κ3) is 3.88. The molecule has 0 spiro atoms. The third-order valence-electron chi connectivity index (χ3n) is 4.90. The number of hydrogen-bond donors (Lipinski definition) is 1. The number of ether oxygens (including phenoxy) is 1. The molecule has 1 aliphatic heterocycles. The van der Waals surface area contributed by atoms with Crippen molar-refractivity contribution in [3.8, 4) is 5.75 Å². The molecule has 1 N–H and O–H groups in total. The Kier molecular flexibility index (Phi) is 5.76. The number of nitrogens with zero attached hydrogens (tertiary/aromatic N) is 1. The molecule has 1 aromatic heterocycles. The molecule has 2 heterocycles. The number of aryl methyl sites for hydroxylation is 1. The van der Waals surface area contributed by atoms with E-state index in [0.29, 0.717) is 6.54 Å². The van der Waals surface area contributed by atoms with Gasteiger partial charge in [0.2, 0.25) is 0 Å². The van der Waals surface area contributed by atoms with Crippen molar-refractivity contribution in [2.45, 2.75) is 32.2 Å². The summed E-state index contributed by atoms with van der Waals surface area (Å²) < 4.78 is 5.61. The van der Waals surface area contributed by atoms with Gasteiger partial charge in [0.05, 0.1) is 19.1 Å². The van der Waals surface area contributed by atoms with Crippen LogP contribution in [-0.4, -0.2) is 36.2 Å². The molecule has 1 saturated heterocycles. The van der Waals surface area contributed by atoms with E-state index in [2.05, 4.69) is 30.0 Å². The Morgan fingerprint density at radius 2 is 2.16 bits per heavy atom. The zero-order valence-corrected chi connectivity index (χ0v) is 15.6. The van der Waals surface area contributed by atoms with Crippen LogP contribution in [0.3, 0.4) is 0 Å². The van der Waals surface area contributed by atoms with Crippen LogP contribution in [0.2, 0.25) is 0 Å². The molecule has 3 rings (SSSR count). The van der Waals surface area contributed by atoms with Crippen LogP contribution in [-0.2, 0) is 11.2 Å². The van der Waals surface area contributed by atoms with Crippen LogP contribution in [0.25, 0.3) is 0 Å². The summed E-state index contributed by atoms with van der Waals surface area (Å²) >= 11 is 1.81. The van der Waals surface area contributed by atoms with Crippen LogP contribution in [0.15, 0.2) is 36.4 Å². The molecule has 0 saturated carbocycles. The Morgan fingerprint density at radius 1 is 1.36 bits per heavy atom. The van der Waals surface area contributed by atoms with Crippen molar-refractivity contribution in [3.05, 3.63) is 51.7 Å². The van der Waals surface area contributed by atoms with E-state index in [0.717, 1.165) is 37.1 Å². The molecule has 0 bridgehead atoms. The fourth-order valence-corrected chi connectivity index (χ4v) is 4.70. The highest BCUT2D eigenvalue weighted by Crippen LogP contribution is 2.39. The fraction of sp³-hybridized carbons (Fsp3) is 0.450. The SMILES string of the molecule is CCc1ccc(C(c2ccccc2OC)N2CCCC(C(=O)O)C2)s1. The minimum Gasteiger partial charge on any atom is -0.496 e. The van der Waals surface area contributed by atoms with Gasteiger partial charge in [-0.2, -0.15) is 0 Å².